The largest absolute Gasteiger partial charge is 0.495 e. The molecule has 0 radical (unpaired) electrons. The summed E-state index contributed by atoms with van der Waals surface area (Å²) in [7, 11) is 1.69. The van der Waals surface area contributed by atoms with Gasteiger partial charge in [-0.3, -0.25) is 0 Å². The van der Waals surface area contributed by atoms with E-state index in [9.17, 15) is 5.11 Å². The molecule has 0 bridgehead atoms. The highest BCUT2D eigenvalue weighted by atomic mass is 16.5. The van der Waals surface area contributed by atoms with Gasteiger partial charge in [0.05, 0.1) is 37.0 Å². The van der Waals surface area contributed by atoms with Crippen LogP contribution in [0.4, 0.5) is 0 Å². The van der Waals surface area contributed by atoms with Crippen molar-refractivity contribution in [2.24, 2.45) is 0 Å². The molecule has 4 rings (SSSR count). The lowest BCUT2D eigenvalue weighted by molar-refractivity contribution is 0.142. The molecule has 0 unspecified atom stereocenters. The maximum absolute atomic E-state index is 10.4. The Morgan fingerprint density at radius 3 is 2.90 bits per heavy atom. The molecule has 0 amide bonds. The molecule has 1 aliphatic rings. The molecule has 30 heavy (non-hydrogen) atoms. The smallest absolute Gasteiger partial charge is 0.143 e. The molecule has 3 aromatic rings. The third-order valence-corrected chi connectivity index (χ3v) is 5.69. The zero-order valence-corrected chi connectivity index (χ0v) is 17.8. The third kappa shape index (κ3) is 4.32. The van der Waals surface area contributed by atoms with Crippen molar-refractivity contribution in [3.63, 3.8) is 0 Å². The summed E-state index contributed by atoms with van der Waals surface area (Å²) >= 11 is 0. The maximum atomic E-state index is 10.4. The van der Waals surface area contributed by atoms with Crippen molar-refractivity contribution in [3.8, 4) is 11.4 Å². The van der Waals surface area contributed by atoms with Gasteiger partial charge < -0.3 is 19.7 Å². The molecule has 156 valence electrons. The highest BCUT2D eigenvalue weighted by Crippen LogP contribution is 2.31. The van der Waals surface area contributed by atoms with Crippen LogP contribution < -0.4 is 10.1 Å². The van der Waals surface area contributed by atoms with Gasteiger partial charge in [-0.25, -0.2) is 4.98 Å². The molecule has 5 heteroatoms. The number of benzene rings is 2. The summed E-state index contributed by atoms with van der Waals surface area (Å²) in [5, 5.41) is 13.9. The third-order valence-electron chi connectivity index (χ3n) is 5.69. The second-order valence-corrected chi connectivity index (χ2v) is 8.00. The maximum Gasteiger partial charge on any atom is 0.143 e. The van der Waals surface area contributed by atoms with Crippen LogP contribution in [-0.2, 0) is 6.42 Å². The zero-order valence-electron chi connectivity index (χ0n) is 17.8. The van der Waals surface area contributed by atoms with Crippen LogP contribution in [0.1, 0.15) is 41.8 Å². The summed E-state index contributed by atoms with van der Waals surface area (Å²) < 4.78 is 7.58. The first-order valence-corrected chi connectivity index (χ1v) is 10.4. The van der Waals surface area contributed by atoms with Crippen molar-refractivity contribution >= 4 is 6.08 Å². The van der Waals surface area contributed by atoms with Crippen LogP contribution in [0.15, 0.2) is 60.6 Å². The summed E-state index contributed by atoms with van der Waals surface area (Å²) in [6, 6.07) is 14.5. The number of aryl methyl sites for hydroxylation is 1. The fraction of sp³-hybridized carbons (Fsp3) is 0.320. The van der Waals surface area contributed by atoms with Gasteiger partial charge in [0.15, 0.2) is 0 Å². The van der Waals surface area contributed by atoms with E-state index >= 15 is 0 Å². The van der Waals surface area contributed by atoms with E-state index in [1.807, 2.05) is 29.8 Å². The Bertz CT molecular complexity index is 1050. The summed E-state index contributed by atoms with van der Waals surface area (Å²) in [5.74, 6) is 0.817. The summed E-state index contributed by atoms with van der Waals surface area (Å²) in [6.07, 6.45) is 7.26. The van der Waals surface area contributed by atoms with Crippen LogP contribution >= 0.6 is 0 Å². The molecule has 5 nitrogen and oxygen atoms in total. The van der Waals surface area contributed by atoms with Crippen molar-refractivity contribution in [1.82, 2.24) is 14.9 Å². The number of aliphatic hydroxyl groups excluding tert-OH is 1. The van der Waals surface area contributed by atoms with Crippen molar-refractivity contribution in [1.29, 1.82) is 0 Å². The van der Waals surface area contributed by atoms with Gasteiger partial charge in [0.1, 0.15) is 5.75 Å². The average molecular weight is 404 g/mol. The number of aliphatic hydroxyl groups is 1. The van der Waals surface area contributed by atoms with Gasteiger partial charge in [0.2, 0.25) is 0 Å². The van der Waals surface area contributed by atoms with Crippen LogP contribution in [0.2, 0.25) is 0 Å². The van der Waals surface area contributed by atoms with Crippen LogP contribution in [0.3, 0.4) is 0 Å². The van der Waals surface area contributed by atoms with Gasteiger partial charge in [0, 0.05) is 12.6 Å². The topological polar surface area (TPSA) is 59.3 Å². The predicted molar refractivity (Wildman–Crippen MR) is 120 cm³/mol. The second kappa shape index (κ2) is 8.86. The normalized spacial score (nSPS) is 18.5. The van der Waals surface area contributed by atoms with Gasteiger partial charge in [-0.15, -0.1) is 0 Å². The number of hydrogen-bond acceptors (Lipinski definition) is 4. The first-order valence-electron chi connectivity index (χ1n) is 10.4. The molecular weight excluding hydrogens is 374 g/mol. The first kappa shape index (κ1) is 20.4. The van der Waals surface area contributed by atoms with Gasteiger partial charge in [-0.05, 0) is 55.6 Å². The molecule has 1 heterocycles. The fourth-order valence-electron chi connectivity index (χ4n) is 4.15. The van der Waals surface area contributed by atoms with E-state index in [2.05, 4.69) is 53.6 Å². The monoisotopic (exact) mass is 403 g/mol. The van der Waals surface area contributed by atoms with Crippen LogP contribution in [-0.4, -0.2) is 34.4 Å². The number of nitrogens with one attached hydrogen (secondary N) is 1. The Morgan fingerprint density at radius 1 is 1.30 bits per heavy atom. The average Bonchev–Trinajstić information content (AvgIpc) is 3.31. The Balaban J connectivity index is 1.40. The zero-order chi connectivity index (χ0) is 21.1. The van der Waals surface area contributed by atoms with E-state index in [0.717, 1.165) is 42.1 Å². The number of aromatic nitrogens is 2. The Labute approximate surface area is 178 Å². The standard InChI is InChI=1S/C25H29N3O2/c1-17(10-11-26-25-21-7-5-4-6-20(21)14-23(25)29)12-19-8-9-22(24(13-19)30-3)28-15-18(2)27-16-28/h4-9,12-13,15-16,23,25-26,29H,10-11,14H2,1-3H3/b17-12+/t23-,25+/m0/s1. The van der Waals surface area contributed by atoms with Gasteiger partial charge in [-0.2, -0.15) is 0 Å². The fourth-order valence-corrected chi connectivity index (χ4v) is 4.15. The molecule has 0 saturated heterocycles. The molecule has 0 fully saturated rings. The highest BCUT2D eigenvalue weighted by molar-refractivity contribution is 5.60. The Kier molecular flexibility index (Phi) is 6.02. The molecule has 1 aliphatic carbocycles. The lowest BCUT2D eigenvalue weighted by atomic mass is 10.1. The van der Waals surface area contributed by atoms with E-state index in [1.54, 1.807) is 13.4 Å². The second-order valence-electron chi connectivity index (χ2n) is 8.00. The molecular formula is C25H29N3O2. The Morgan fingerprint density at radius 2 is 2.13 bits per heavy atom. The number of methoxy groups -OCH3 is 1. The molecule has 0 spiro atoms. The van der Waals surface area contributed by atoms with Gasteiger partial charge in [0.25, 0.3) is 0 Å². The lowest BCUT2D eigenvalue weighted by Gasteiger charge is -2.18. The molecule has 0 saturated carbocycles. The number of ether oxygens (including phenoxy) is 1. The van der Waals surface area contributed by atoms with Crippen molar-refractivity contribution in [2.75, 3.05) is 13.7 Å². The summed E-state index contributed by atoms with van der Waals surface area (Å²) in [4.78, 5) is 4.30. The molecule has 1 aromatic heterocycles. The summed E-state index contributed by atoms with van der Waals surface area (Å²) in [6.45, 7) is 4.93. The van der Waals surface area contributed by atoms with E-state index in [-0.39, 0.29) is 12.1 Å². The van der Waals surface area contributed by atoms with Crippen LogP contribution in [0.5, 0.6) is 5.75 Å². The van der Waals surface area contributed by atoms with E-state index in [1.165, 1.54) is 16.7 Å². The number of imidazole rings is 1. The minimum Gasteiger partial charge on any atom is -0.495 e. The van der Waals surface area contributed by atoms with Crippen LogP contribution in [0.25, 0.3) is 11.8 Å². The number of rotatable bonds is 7. The molecule has 0 aliphatic heterocycles. The minimum atomic E-state index is -0.352. The molecule has 2 atom stereocenters. The molecule has 2 N–H and O–H groups in total. The van der Waals surface area contributed by atoms with Crippen molar-refractivity contribution in [2.45, 2.75) is 38.8 Å². The van der Waals surface area contributed by atoms with E-state index in [0.29, 0.717) is 0 Å². The van der Waals surface area contributed by atoms with Gasteiger partial charge >= 0.3 is 0 Å². The lowest BCUT2D eigenvalue weighted by Crippen LogP contribution is -2.29. The van der Waals surface area contributed by atoms with Crippen molar-refractivity contribution in [3.05, 3.63) is 82.9 Å². The number of hydrogen-bond donors (Lipinski definition) is 2. The molecule has 2 aromatic carbocycles. The first-order chi connectivity index (χ1) is 14.5. The minimum absolute atomic E-state index is 0.0204. The van der Waals surface area contributed by atoms with Crippen molar-refractivity contribution < 1.29 is 9.84 Å². The number of fused-ring (bicyclic) bond motifs is 1. The van der Waals surface area contributed by atoms with E-state index in [4.69, 9.17) is 4.74 Å². The van der Waals surface area contributed by atoms with Crippen LogP contribution in [0, 0.1) is 6.92 Å². The number of nitrogens with zero attached hydrogens (tertiary/aromatic N) is 2. The highest BCUT2D eigenvalue weighted by Gasteiger charge is 2.29. The Hall–Kier alpha value is -2.89. The van der Waals surface area contributed by atoms with Gasteiger partial charge in [-0.1, -0.05) is 42.0 Å². The summed E-state index contributed by atoms with van der Waals surface area (Å²) in [5.41, 5.74) is 6.80. The SMILES string of the molecule is COc1cc(/C=C(\C)CCN[C@@H]2c3ccccc3C[C@@H]2O)ccc1-n1cnc(C)c1. The van der Waals surface area contributed by atoms with E-state index < -0.39 is 0 Å². The predicted octanol–water partition coefficient (Wildman–Crippen LogP) is 4.23. The quantitative estimate of drug-likeness (QED) is 0.620.